The molecule has 4 nitrogen and oxygen atoms in total. The van der Waals surface area contributed by atoms with Crippen LogP contribution in [0.1, 0.15) is 12.0 Å². The molecule has 19 heavy (non-hydrogen) atoms. The average Bonchev–Trinajstić information content (AvgIpc) is 2.31. The lowest BCUT2D eigenvalue weighted by atomic mass is 9.80. The van der Waals surface area contributed by atoms with Crippen molar-refractivity contribution >= 4 is 12.6 Å². The van der Waals surface area contributed by atoms with Gasteiger partial charge in [-0.05, 0) is 52.2 Å². The summed E-state index contributed by atoms with van der Waals surface area (Å²) < 4.78 is 13.8. The van der Waals surface area contributed by atoms with Gasteiger partial charge in [-0.25, -0.2) is 4.39 Å². The second kappa shape index (κ2) is 7.60. The summed E-state index contributed by atoms with van der Waals surface area (Å²) in [5.41, 5.74) is 0.744. The van der Waals surface area contributed by atoms with Gasteiger partial charge in [0.15, 0.2) is 0 Å². The fourth-order valence-corrected chi connectivity index (χ4v) is 1.88. The van der Waals surface area contributed by atoms with Gasteiger partial charge < -0.3 is 19.8 Å². The first kappa shape index (κ1) is 16.1. The quantitative estimate of drug-likeness (QED) is 0.677. The Labute approximate surface area is 114 Å². The lowest BCUT2D eigenvalue weighted by molar-refractivity contribution is 0.291. The van der Waals surface area contributed by atoms with Crippen molar-refractivity contribution in [3.8, 4) is 0 Å². The molecule has 0 fully saturated rings. The molecule has 0 aliphatic heterocycles. The van der Waals surface area contributed by atoms with Gasteiger partial charge in [-0.2, -0.15) is 0 Å². The van der Waals surface area contributed by atoms with Crippen molar-refractivity contribution in [2.75, 3.05) is 34.2 Å². The first-order chi connectivity index (χ1) is 8.90. The van der Waals surface area contributed by atoms with Crippen LogP contribution in [0.15, 0.2) is 18.2 Å². The van der Waals surface area contributed by atoms with E-state index < -0.39 is 12.9 Å². The van der Waals surface area contributed by atoms with E-state index in [2.05, 4.69) is 9.80 Å². The van der Waals surface area contributed by atoms with Crippen LogP contribution in [0.3, 0.4) is 0 Å². The first-order valence-electron chi connectivity index (χ1n) is 6.38. The monoisotopic (exact) mass is 268 g/mol. The van der Waals surface area contributed by atoms with E-state index in [4.69, 9.17) is 10.0 Å². The average molecular weight is 268 g/mol. The van der Waals surface area contributed by atoms with Crippen LogP contribution in [0.25, 0.3) is 0 Å². The van der Waals surface area contributed by atoms with Crippen molar-refractivity contribution in [3.63, 3.8) is 0 Å². The predicted molar refractivity (Wildman–Crippen MR) is 75.7 cm³/mol. The van der Waals surface area contributed by atoms with Crippen LogP contribution in [0.5, 0.6) is 0 Å². The zero-order chi connectivity index (χ0) is 14.4. The number of nitrogens with zero attached hydrogens (tertiary/aromatic N) is 2. The molecule has 0 bridgehead atoms. The summed E-state index contributed by atoms with van der Waals surface area (Å²) in [6.45, 7) is 2.41. The highest BCUT2D eigenvalue weighted by Crippen LogP contribution is 2.08. The molecule has 0 unspecified atom stereocenters. The molecular formula is C13H22BFN2O2. The van der Waals surface area contributed by atoms with Gasteiger partial charge in [-0.3, -0.25) is 0 Å². The van der Waals surface area contributed by atoms with Crippen LogP contribution in [0.4, 0.5) is 4.39 Å². The minimum atomic E-state index is -1.62. The highest BCUT2D eigenvalue weighted by molar-refractivity contribution is 6.58. The van der Waals surface area contributed by atoms with Crippen molar-refractivity contribution in [3.05, 3.63) is 29.6 Å². The maximum absolute atomic E-state index is 13.8. The van der Waals surface area contributed by atoms with E-state index in [0.29, 0.717) is 12.1 Å². The van der Waals surface area contributed by atoms with Crippen molar-refractivity contribution in [2.45, 2.75) is 13.0 Å². The van der Waals surface area contributed by atoms with Crippen molar-refractivity contribution in [1.82, 2.24) is 9.80 Å². The van der Waals surface area contributed by atoms with Crippen LogP contribution >= 0.6 is 0 Å². The number of halogens is 1. The smallest absolute Gasteiger partial charge is 0.423 e. The fraction of sp³-hybridized carbons (Fsp3) is 0.538. The van der Waals surface area contributed by atoms with E-state index in [1.165, 1.54) is 12.1 Å². The summed E-state index contributed by atoms with van der Waals surface area (Å²) in [7, 11) is 4.38. The first-order valence-corrected chi connectivity index (χ1v) is 6.38. The molecule has 0 saturated heterocycles. The lowest BCUT2D eigenvalue weighted by Crippen LogP contribution is -2.30. The van der Waals surface area contributed by atoms with Gasteiger partial charge in [0.1, 0.15) is 5.82 Å². The van der Waals surface area contributed by atoms with Crippen LogP contribution < -0.4 is 5.46 Å². The molecule has 0 radical (unpaired) electrons. The Morgan fingerprint density at radius 3 is 2.37 bits per heavy atom. The molecule has 1 aromatic rings. The van der Waals surface area contributed by atoms with Crippen LogP contribution in [-0.4, -0.2) is 61.2 Å². The SMILES string of the molecule is CN(C)CCCN(C)Cc1ccc(B(O)O)cc1F. The molecule has 0 aliphatic carbocycles. The Bertz CT molecular complexity index is 402. The third-order valence-corrected chi connectivity index (χ3v) is 2.96. The zero-order valence-electron chi connectivity index (χ0n) is 11.8. The number of rotatable bonds is 7. The third-order valence-electron chi connectivity index (χ3n) is 2.96. The summed E-state index contributed by atoms with van der Waals surface area (Å²) in [6, 6.07) is 4.32. The van der Waals surface area contributed by atoms with Crippen molar-refractivity contribution in [1.29, 1.82) is 0 Å². The van der Waals surface area contributed by atoms with Crippen molar-refractivity contribution < 1.29 is 14.4 Å². The normalized spacial score (nSPS) is 11.4. The topological polar surface area (TPSA) is 46.9 Å². The Kier molecular flexibility index (Phi) is 6.44. The molecule has 0 aliphatic rings. The summed E-state index contributed by atoms with van der Waals surface area (Å²) in [4.78, 5) is 4.17. The second-order valence-electron chi connectivity index (χ2n) is 5.12. The van der Waals surface area contributed by atoms with Crippen molar-refractivity contribution in [2.24, 2.45) is 0 Å². The maximum Gasteiger partial charge on any atom is 0.488 e. The second-order valence-corrected chi connectivity index (χ2v) is 5.12. The zero-order valence-corrected chi connectivity index (χ0v) is 11.8. The highest BCUT2D eigenvalue weighted by Gasteiger charge is 2.14. The van der Waals surface area contributed by atoms with Crippen LogP contribution in [0.2, 0.25) is 0 Å². The molecule has 1 rings (SSSR count). The summed E-state index contributed by atoms with van der Waals surface area (Å²) in [5.74, 6) is -0.398. The van der Waals surface area contributed by atoms with Crippen LogP contribution in [-0.2, 0) is 6.54 Å². The minimum Gasteiger partial charge on any atom is -0.423 e. The Balaban J connectivity index is 2.52. The van der Waals surface area contributed by atoms with Gasteiger partial charge in [0.2, 0.25) is 0 Å². The predicted octanol–water partition coefficient (Wildman–Crippen LogP) is -0.111. The lowest BCUT2D eigenvalue weighted by Gasteiger charge is -2.18. The minimum absolute atomic E-state index is 0.177. The molecular weight excluding hydrogens is 246 g/mol. The molecule has 0 saturated carbocycles. The molecule has 0 atom stereocenters. The molecule has 106 valence electrons. The Morgan fingerprint density at radius 2 is 1.84 bits per heavy atom. The summed E-state index contributed by atoms with van der Waals surface area (Å²) >= 11 is 0. The van der Waals surface area contributed by atoms with Gasteiger partial charge in [0.05, 0.1) is 0 Å². The fourth-order valence-electron chi connectivity index (χ4n) is 1.88. The van der Waals surface area contributed by atoms with Gasteiger partial charge >= 0.3 is 7.12 Å². The largest absolute Gasteiger partial charge is 0.488 e. The number of benzene rings is 1. The number of hydrogen-bond donors (Lipinski definition) is 2. The highest BCUT2D eigenvalue weighted by atomic mass is 19.1. The van der Waals surface area contributed by atoms with E-state index in [0.717, 1.165) is 19.5 Å². The molecule has 0 spiro atoms. The maximum atomic E-state index is 13.8. The van der Waals surface area contributed by atoms with Gasteiger partial charge in [0, 0.05) is 12.1 Å². The summed E-state index contributed by atoms with van der Waals surface area (Å²) in [6.07, 6.45) is 1.03. The van der Waals surface area contributed by atoms with E-state index in [1.807, 2.05) is 21.1 Å². The molecule has 2 N–H and O–H groups in total. The molecule has 1 aromatic carbocycles. The Morgan fingerprint density at radius 1 is 1.16 bits per heavy atom. The summed E-state index contributed by atoms with van der Waals surface area (Å²) in [5, 5.41) is 17.9. The van der Waals surface area contributed by atoms with E-state index >= 15 is 0 Å². The van der Waals surface area contributed by atoms with Gasteiger partial charge in [0.25, 0.3) is 0 Å². The van der Waals surface area contributed by atoms with Gasteiger partial charge in [-0.1, -0.05) is 12.1 Å². The van der Waals surface area contributed by atoms with Gasteiger partial charge in [-0.15, -0.1) is 0 Å². The molecule has 0 aromatic heterocycles. The third kappa shape index (κ3) is 5.69. The molecule has 0 amide bonds. The van der Waals surface area contributed by atoms with Crippen LogP contribution in [0, 0.1) is 5.82 Å². The standard InChI is InChI=1S/C13H22BFN2O2/c1-16(2)7-4-8-17(3)10-11-5-6-12(14(18)19)9-13(11)15/h5-6,9,18-19H,4,7-8,10H2,1-3H3. The molecule has 0 heterocycles. The van der Waals surface area contributed by atoms with E-state index in [9.17, 15) is 4.39 Å². The number of hydrogen-bond acceptors (Lipinski definition) is 4. The molecule has 6 heteroatoms. The van der Waals surface area contributed by atoms with E-state index in [-0.39, 0.29) is 5.46 Å². The van der Waals surface area contributed by atoms with E-state index in [1.54, 1.807) is 6.07 Å². The Hall–Kier alpha value is -0.945.